The zero-order valence-electron chi connectivity index (χ0n) is 18.6. The fourth-order valence-corrected chi connectivity index (χ4v) is 4.39. The van der Waals surface area contributed by atoms with E-state index in [2.05, 4.69) is 10.2 Å². The first kappa shape index (κ1) is 22.9. The topological polar surface area (TPSA) is 79.6 Å². The van der Waals surface area contributed by atoms with Gasteiger partial charge in [0.2, 0.25) is 5.91 Å². The van der Waals surface area contributed by atoms with Crippen LogP contribution < -0.4 is 10.7 Å². The van der Waals surface area contributed by atoms with E-state index in [0.29, 0.717) is 34.2 Å². The Hall–Kier alpha value is -3.32. The summed E-state index contributed by atoms with van der Waals surface area (Å²) in [7, 11) is 0. The van der Waals surface area contributed by atoms with Crippen LogP contribution in [0, 0.1) is 11.7 Å². The summed E-state index contributed by atoms with van der Waals surface area (Å²) in [5, 5.41) is 3.14. The highest BCUT2D eigenvalue weighted by atomic mass is 19.1. The van der Waals surface area contributed by atoms with Crippen LogP contribution in [0.5, 0.6) is 0 Å². The number of halogens is 1. The van der Waals surface area contributed by atoms with Gasteiger partial charge in [0.1, 0.15) is 11.4 Å². The van der Waals surface area contributed by atoms with E-state index in [4.69, 9.17) is 4.42 Å². The molecule has 0 bridgehead atoms. The molecule has 0 saturated carbocycles. The van der Waals surface area contributed by atoms with Crippen molar-refractivity contribution in [1.82, 2.24) is 4.90 Å². The number of aryl methyl sites for hydroxylation is 1. The maximum Gasteiger partial charge on any atom is 0.221 e. The predicted molar refractivity (Wildman–Crippen MR) is 125 cm³/mol. The first-order valence-corrected chi connectivity index (χ1v) is 11.2. The van der Waals surface area contributed by atoms with Crippen molar-refractivity contribution in [2.45, 2.75) is 32.6 Å². The molecule has 172 valence electrons. The zero-order chi connectivity index (χ0) is 23.4. The van der Waals surface area contributed by atoms with Gasteiger partial charge >= 0.3 is 0 Å². The van der Waals surface area contributed by atoms with Gasteiger partial charge in [-0.2, -0.15) is 0 Å². The normalized spacial score (nSPS) is 15.0. The summed E-state index contributed by atoms with van der Waals surface area (Å²) in [6.45, 7) is 3.90. The second-order valence-electron chi connectivity index (χ2n) is 8.57. The monoisotopic (exact) mass is 450 g/mol. The number of fused-ring (bicyclic) bond motifs is 1. The second kappa shape index (κ2) is 10.1. The van der Waals surface area contributed by atoms with Crippen molar-refractivity contribution in [3.8, 4) is 0 Å². The van der Waals surface area contributed by atoms with Crippen LogP contribution in [-0.4, -0.2) is 36.2 Å². The molecule has 1 aliphatic heterocycles. The quantitative estimate of drug-likeness (QED) is 0.539. The average molecular weight is 451 g/mol. The number of nitrogens with zero attached hydrogens (tertiary/aromatic N) is 1. The average Bonchev–Trinajstić information content (AvgIpc) is 2.81. The van der Waals surface area contributed by atoms with Gasteiger partial charge in [-0.05, 0) is 87.8 Å². The van der Waals surface area contributed by atoms with Gasteiger partial charge in [0.15, 0.2) is 11.2 Å². The molecule has 0 aliphatic carbocycles. The molecule has 1 amide bonds. The summed E-state index contributed by atoms with van der Waals surface area (Å²) in [5.74, 6) is -0.480. The van der Waals surface area contributed by atoms with Crippen molar-refractivity contribution in [3.05, 3.63) is 75.9 Å². The molecule has 0 atom stereocenters. The van der Waals surface area contributed by atoms with Crippen molar-refractivity contribution in [1.29, 1.82) is 0 Å². The Morgan fingerprint density at radius 2 is 1.85 bits per heavy atom. The molecule has 4 rings (SSSR count). The van der Waals surface area contributed by atoms with E-state index >= 15 is 0 Å². The Labute approximate surface area is 191 Å². The van der Waals surface area contributed by atoms with E-state index < -0.39 is 0 Å². The van der Waals surface area contributed by atoms with Crippen molar-refractivity contribution in [2.24, 2.45) is 5.92 Å². The zero-order valence-corrected chi connectivity index (χ0v) is 18.6. The number of benzene rings is 2. The number of rotatable bonds is 7. The van der Waals surface area contributed by atoms with E-state index in [1.54, 1.807) is 30.3 Å². The molecule has 1 fully saturated rings. The fourth-order valence-electron chi connectivity index (χ4n) is 4.39. The van der Waals surface area contributed by atoms with E-state index in [0.717, 1.165) is 38.9 Å². The standard InChI is InChI=1S/C26H27FN2O4/c1-17(30)28-22-8-9-24-23(15-22)26(32)20(16-33-24)3-2-12-29-13-10-19(11-14-29)25(31)18-4-6-21(27)7-5-18/h4-9,15-16,19H,2-3,10-14H2,1H3,(H,28,30). The number of carbonyl (C=O) groups is 2. The lowest BCUT2D eigenvalue weighted by Crippen LogP contribution is -2.37. The number of amides is 1. The number of likely N-dealkylation sites (tertiary alicyclic amines) is 1. The Bertz CT molecular complexity index is 1210. The number of piperidine rings is 1. The first-order valence-electron chi connectivity index (χ1n) is 11.2. The third-order valence-electron chi connectivity index (χ3n) is 6.17. The summed E-state index contributed by atoms with van der Waals surface area (Å²) in [6.07, 6.45) is 4.48. The van der Waals surface area contributed by atoms with Gasteiger partial charge in [-0.1, -0.05) is 0 Å². The lowest BCUT2D eigenvalue weighted by Gasteiger charge is -2.31. The molecule has 3 aromatic rings. The van der Waals surface area contributed by atoms with Gasteiger partial charge < -0.3 is 14.6 Å². The van der Waals surface area contributed by atoms with Crippen molar-refractivity contribution in [2.75, 3.05) is 25.0 Å². The molecular weight excluding hydrogens is 423 g/mol. The highest BCUT2D eigenvalue weighted by molar-refractivity contribution is 5.97. The van der Waals surface area contributed by atoms with Gasteiger partial charge in [-0.25, -0.2) is 4.39 Å². The first-order chi connectivity index (χ1) is 15.9. The molecule has 0 spiro atoms. The molecule has 1 N–H and O–H groups in total. The largest absolute Gasteiger partial charge is 0.464 e. The molecule has 1 aliphatic rings. The Kier molecular flexibility index (Phi) is 6.99. The number of ketones is 1. The number of hydrogen-bond acceptors (Lipinski definition) is 5. The van der Waals surface area contributed by atoms with Crippen LogP contribution in [0.2, 0.25) is 0 Å². The summed E-state index contributed by atoms with van der Waals surface area (Å²) >= 11 is 0. The number of hydrogen-bond donors (Lipinski definition) is 1. The highest BCUT2D eigenvalue weighted by Crippen LogP contribution is 2.23. The molecule has 1 aromatic heterocycles. The molecule has 2 heterocycles. The van der Waals surface area contributed by atoms with E-state index in [1.165, 1.54) is 25.3 Å². The van der Waals surface area contributed by atoms with Crippen LogP contribution in [0.25, 0.3) is 11.0 Å². The summed E-state index contributed by atoms with van der Waals surface area (Å²) in [4.78, 5) is 39.1. The SMILES string of the molecule is CC(=O)Nc1ccc2occ(CCCN3CCC(C(=O)c4ccc(F)cc4)CC3)c(=O)c2c1. The lowest BCUT2D eigenvalue weighted by atomic mass is 9.89. The molecule has 1 saturated heterocycles. The molecule has 2 aromatic carbocycles. The summed E-state index contributed by atoms with van der Waals surface area (Å²) < 4.78 is 18.7. The maximum absolute atomic E-state index is 13.1. The molecule has 0 radical (unpaired) electrons. The van der Waals surface area contributed by atoms with Gasteiger partial charge in [0.05, 0.1) is 11.6 Å². The molecule has 0 unspecified atom stereocenters. The summed E-state index contributed by atoms with van der Waals surface area (Å²) in [5.41, 5.74) is 2.17. The maximum atomic E-state index is 13.1. The minimum Gasteiger partial charge on any atom is -0.464 e. The fraction of sp³-hybridized carbons (Fsp3) is 0.346. The number of Topliss-reactive ketones (excluding diaryl/α,β-unsaturated/α-hetero) is 1. The third kappa shape index (κ3) is 5.54. The number of anilines is 1. The van der Waals surface area contributed by atoms with Gasteiger partial charge in [-0.3, -0.25) is 14.4 Å². The van der Waals surface area contributed by atoms with Crippen LogP contribution in [0.15, 0.2) is 57.9 Å². The van der Waals surface area contributed by atoms with Crippen LogP contribution in [0.3, 0.4) is 0 Å². The van der Waals surface area contributed by atoms with E-state index in [-0.39, 0.29) is 28.9 Å². The van der Waals surface area contributed by atoms with Gasteiger partial charge in [0.25, 0.3) is 0 Å². The van der Waals surface area contributed by atoms with Crippen LogP contribution in [0.4, 0.5) is 10.1 Å². The minimum atomic E-state index is -0.338. The molecule has 6 nitrogen and oxygen atoms in total. The van der Waals surface area contributed by atoms with Crippen LogP contribution in [0.1, 0.15) is 42.1 Å². The van der Waals surface area contributed by atoms with Crippen LogP contribution >= 0.6 is 0 Å². The Balaban J connectivity index is 1.30. The molecular formula is C26H27FN2O4. The highest BCUT2D eigenvalue weighted by Gasteiger charge is 2.25. The number of carbonyl (C=O) groups excluding carboxylic acids is 2. The lowest BCUT2D eigenvalue weighted by molar-refractivity contribution is -0.114. The Morgan fingerprint density at radius 1 is 1.12 bits per heavy atom. The van der Waals surface area contributed by atoms with Crippen molar-refractivity contribution >= 4 is 28.3 Å². The van der Waals surface area contributed by atoms with Crippen molar-refractivity contribution < 1.29 is 18.4 Å². The van der Waals surface area contributed by atoms with E-state index in [1.807, 2.05) is 0 Å². The smallest absolute Gasteiger partial charge is 0.221 e. The third-order valence-corrected chi connectivity index (χ3v) is 6.17. The minimum absolute atomic E-state index is 0.0305. The van der Waals surface area contributed by atoms with E-state index in [9.17, 15) is 18.8 Å². The van der Waals surface area contributed by atoms with Gasteiger partial charge in [0, 0.05) is 29.7 Å². The van der Waals surface area contributed by atoms with Crippen molar-refractivity contribution in [3.63, 3.8) is 0 Å². The second-order valence-corrected chi connectivity index (χ2v) is 8.57. The summed E-state index contributed by atoms with van der Waals surface area (Å²) in [6, 6.07) is 10.8. The van der Waals surface area contributed by atoms with Gasteiger partial charge in [-0.15, -0.1) is 0 Å². The predicted octanol–water partition coefficient (Wildman–Crippen LogP) is 4.42. The molecule has 33 heavy (non-hydrogen) atoms. The Morgan fingerprint density at radius 3 is 2.55 bits per heavy atom. The molecule has 7 heteroatoms. The van der Waals surface area contributed by atoms with Crippen LogP contribution in [-0.2, 0) is 11.2 Å². The number of nitrogens with one attached hydrogen (secondary N) is 1.